The Hall–Kier alpha value is -1.20. The number of nitrogens with two attached hydrogens (primary N) is 1. The highest BCUT2D eigenvalue weighted by molar-refractivity contribution is 5.33. The van der Waals surface area contributed by atoms with E-state index in [1.165, 1.54) is 0 Å². The van der Waals surface area contributed by atoms with Crippen LogP contribution in [-0.2, 0) is 11.2 Å². The SMILES string of the molecule is COCCc1nc(C)cc(NN)n1. The minimum absolute atomic E-state index is 0.619. The average Bonchev–Trinajstić information content (AvgIpc) is 2.14. The smallest absolute Gasteiger partial charge is 0.143 e. The van der Waals surface area contributed by atoms with E-state index in [1.54, 1.807) is 13.2 Å². The van der Waals surface area contributed by atoms with Gasteiger partial charge in [0.1, 0.15) is 11.6 Å². The molecule has 3 N–H and O–H groups in total. The number of nitrogens with zero attached hydrogens (tertiary/aromatic N) is 2. The molecule has 0 amide bonds. The number of hydrogen-bond donors (Lipinski definition) is 2. The number of ether oxygens (including phenoxy) is 1. The first kappa shape index (κ1) is 9.88. The van der Waals surface area contributed by atoms with Crippen LogP contribution >= 0.6 is 0 Å². The van der Waals surface area contributed by atoms with E-state index >= 15 is 0 Å². The van der Waals surface area contributed by atoms with E-state index < -0.39 is 0 Å². The lowest BCUT2D eigenvalue weighted by Crippen LogP contribution is -2.11. The Morgan fingerprint density at radius 3 is 2.92 bits per heavy atom. The Morgan fingerprint density at radius 2 is 2.31 bits per heavy atom. The molecule has 0 saturated carbocycles. The second kappa shape index (κ2) is 4.74. The van der Waals surface area contributed by atoms with Crippen LogP contribution in [0.2, 0.25) is 0 Å². The zero-order valence-corrected chi connectivity index (χ0v) is 7.87. The molecule has 0 radical (unpaired) electrons. The number of methoxy groups -OCH3 is 1. The molecule has 13 heavy (non-hydrogen) atoms. The van der Waals surface area contributed by atoms with Gasteiger partial charge in [-0.05, 0) is 6.92 Å². The Bertz CT molecular complexity index is 277. The summed E-state index contributed by atoms with van der Waals surface area (Å²) in [7, 11) is 1.65. The van der Waals surface area contributed by atoms with Crippen molar-refractivity contribution >= 4 is 5.82 Å². The number of aryl methyl sites for hydroxylation is 1. The molecule has 0 aromatic carbocycles. The predicted octanol–water partition coefficient (Wildman–Crippen LogP) is 0.260. The Morgan fingerprint density at radius 1 is 1.54 bits per heavy atom. The van der Waals surface area contributed by atoms with Crippen molar-refractivity contribution in [3.8, 4) is 0 Å². The molecule has 1 rings (SSSR count). The highest BCUT2D eigenvalue weighted by Gasteiger charge is 2.00. The van der Waals surface area contributed by atoms with Crippen LogP contribution in [0.3, 0.4) is 0 Å². The predicted molar refractivity (Wildman–Crippen MR) is 50.2 cm³/mol. The molecule has 0 aliphatic heterocycles. The van der Waals surface area contributed by atoms with E-state index in [4.69, 9.17) is 10.6 Å². The number of anilines is 1. The summed E-state index contributed by atoms with van der Waals surface area (Å²) in [5, 5.41) is 0. The van der Waals surface area contributed by atoms with Crippen molar-refractivity contribution in [1.29, 1.82) is 0 Å². The third-order valence-corrected chi connectivity index (χ3v) is 1.58. The van der Waals surface area contributed by atoms with Crippen molar-refractivity contribution in [2.75, 3.05) is 19.1 Å². The maximum absolute atomic E-state index is 5.24. The van der Waals surface area contributed by atoms with Gasteiger partial charge in [-0.15, -0.1) is 0 Å². The molecular weight excluding hydrogens is 168 g/mol. The topological polar surface area (TPSA) is 73.1 Å². The van der Waals surface area contributed by atoms with Crippen molar-refractivity contribution in [1.82, 2.24) is 9.97 Å². The highest BCUT2D eigenvalue weighted by atomic mass is 16.5. The van der Waals surface area contributed by atoms with Crippen molar-refractivity contribution < 1.29 is 4.74 Å². The molecule has 1 heterocycles. The maximum Gasteiger partial charge on any atom is 0.143 e. The van der Waals surface area contributed by atoms with Crippen molar-refractivity contribution in [2.24, 2.45) is 5.84 Å². The van der Waals surface area contributed by atoms with E-state index in [-0.39, 0.29) is 0 Å². The van der Waals surface area contributed by atoms with Gasteiger partial charge < -0.3 is 10.2 Å². The highest BCUT2D eigenvalue weighted by Crippen LogP contribution is 2.04. The minimum Gasteiger partial charge on any atom is -0.384 e. The largest absolute Gasteiger partial charge is 0.384 e. The van der Waals surface area contributed by atoms with Gasteiger partial charge >= 0.3 is 0 Å². The Labute approximate surface area is 77.3 Å². The molecule has 0 aliphatic carbocycles. The van der Waals surface area contributed by atoms with Crippen LogP contribution in [0.1, 0.15) is 11.5 Å². The average molecular weight is 182 g/mol. The second-order valence-corrected chi connectivity index (χ2v) is 2.70. The van der Waals surface area contributed by atoms with Gasteiger partial charge in [-0.3, -0.25) is 0 Å². The van der Waals surface area contributed by atoms with Gasteiger partial charge in [0.2, 0.25) is 0 Å². The Balaban J connectivity index is 2.76. The van der Waals surface area contributed by atoms with Gasteiger partial charge in [-0.2, -0.15) is 0 Å². The molecule has 0 atom stereocenters. The summed E-state index contributed by atoms with van der Waals surface area (Å²) >= 11 is 0. The quantitative estimate of drug-likeness (QED) is 0.516. The number of aromatic nitrogens is 2. The number of nitrogens with one attached hydrogen (secondary N) is 1. The van der Waals surface area contributed by atoms with Gasteiger partial charge in [-0.25, -0.2) is 15.8 Å². The number of hydrogen-bond acceptors (Lipinski definition) is 5. The van der Waals surface area contributed by atoms with Gasteiger partial charge in [-0.1, -0.05) is 0 Å². The molecule has 0 aliphatic rings. The first-order chi connectivity index (χ1) is 6.26. The normalized spacial score (nSPS) is 10.1. The molecule has 0 saturated heterocycles. The van der Waals surface area contributed by atoms with Crippen LogP contribution in [-0.4, -0.2) is 23.7 Å². The van der Waals surface area contributed by atoms with Gasteiger partial charge in [0, 0.05) is 25.3 Å². The first-order valence-corrected chi connectivity index (χ1v) is 4.06. The molecule has 0 fully saturated rings. The van der Waals surface area contributed by atoms with E-state index in [0.717, 1.165) is 11.5 Å². The minimum atomic E-state index is 0.619. The Kier molecular flexibility index (Phi) is 3.60. The number of nitrogen functional groups attached to an aromatic ring is 1. The fourth-order valence-electron chi connectivity index (χ4n) is 1.01. The fourth-order valence-corrected chi connectivity index (χ4v) is 1.01. The third kappa shape index (κ3) is 2.96. The van der Waals surface area contributed by atoms with Crippen molar-refractivity contribution in [2.45, 2.75) is 13.3 Å². The number of hydrazine groups is 1. The number of rotatable bonds is 4. The molecule has 0 bridgehead atoms. The van der Waals surface area contributed by atoms with Crippen molar-refractivity contribution in [3.63, 3.8) is 0 Å². The molecule has 0 unspecified atom stereocenters. The van der Waals surface area contributed by atoms with Crippen LogP contribution in [0.25, 0.3) is 0 Å². The van der Waals surface area contributed by atoms with E-state index in [2.05, 4.69) is 15.4 Å². The maximum atomic E-state index is 5.24. The van der Waals surface area contributed by atoms with Crippen LogP contribution in [0.5, 0.6) is 0 Å². The molecule has 1 aromatic heterocycles. The monoisotopic (exact) mass is 182 g/mol. The third-order valence-electron chi connectivity index (χ3n) is 1.58. The lowest BCUT2D eigenvalue weighted by atomic mass is 10.3. The molecule has 72 valence electrons. The molecule has 0 spiro atoms. The summed E-state index contributed by atoms with van der Waals surface area (Å²) in [6.07, 6.45) is 0.701. The summed E-state index contributed by atoms with van der Waals surface area (Å²) in [6.45, 7) is 2.52. The summed E-state index contributed by atoms with van der Waals surface area (Å²) in [4.78, 5) is 8.40. The van der Waals surface area contributed by atoms with Crippen molar-refractivity contribution in [3.05, 3.63) is 17.6 Å². The second-order valence-electron chi connectivity index (χ2n) is 2.70. The molecule has 5 nitrogen and oxygen atoms in total. The van der Waals surface area contributed by atoms with Crippen LogP contribution in [0, 0.1) is 6.92 Å². The summed E-state index contributed by atoms with van der Waals surface area (Å²) in [5.41, 5.74) is 3.39. The van der Waals surface area contributed by atoms with Gasteiger partial charge in [0.05, 0.1) is 6.61 Å². The van der Waals surface area contributed by atoms with Crippen LogP contribution < -0.4 is 11.3 Å². The summed E-state index contributed by atoms with van der Waals surface area (Å²) in [5.74, 6) is 6.63. The first-order valence-electron chi connectivity index (χ1n) is 4.06. The fraction of sp³-hybridized carbons (Fsp3) is 0.500. The van der Waals surface area contributed by atoms with Crippen LogP contribution in [0.15, 0.2) is 6.07 Å². The zero-order chi connectivity index (χ0) is 9.68. The van der Waals surface area contributed by atoms with Gasteiger partial charge in [0.25, 0.3) is 0 Å². The lowest BCUT2D eigenvalue weighted by Gasteiger charge is -2.04. The lowest BCUT2D eigenvalue weighted by molar-refractivity contribution is 0.200. The van der Waals surface area contributed by atoms with Crippen LogP contribution in [0.4, 0.5) is 5.82 Å². The van der Waals surface area contributed by atoms with Gasteiger partial charge in [0.15, 0.2) is 0 Å². The molecule has 5 heteroatoms. The summed E-state index contributed by atoms with van der Waals surface area (Å²) in [6, 6.07) is 1.79. The zero-order valence-electron chi connectivity index (χ0n) is 7.87. The molecular formula is C8H14N4O. The van der Waals surface area contributed by atoms with E-state index in [1.807, 2.05) is 6.92 Å². The van der Waals surface area contributed by atoms with E-state index in [9.17, 15) is 0 Å². The summed E-state index contributed by atoms with van der Waals surface area (Å²) < 4.78 is 4.93. The molecule has 1 aromatic rings. The van der Waals surface area contributed by atoms with E-state index in [0.29, 0.717) is 18.8 Å². The standard InChI is InChI=1S/C8H14N4O/c1-6-5-8(12-9)11-7(10-6)3-4-13-2/h5H,3-4,9H2,1-2H3,(H,10,11,12).